The molecule has 120 valence electrons. The molecular weight excluding hydrogens is 304 g/mol. The maximum atomic E-state index is 11.9. The van der Waals surface area contributed by atoms with Gasteiger partial charge in [-0.15, -0.1) is 0 Å². The molecule has 2 heterocycles. The number of piperidine rings is 1. The van der Waals surface area contributed by atoms with Crippen molar-refractivity contribution in [2.75, 3.05) is 26.0 Å². The second kappa shape index (κ2) is 6.13. The molecule has 2 aliphatic heterocycles. The van der Waals surface area contributed by atoms with E-state index in [9.17, 15) is 23.2 Å². The maximum Gasteiger partial charge on any atom is 0.344 e. The first-order chi connectivity index (χ1) is 9.79. The van der Waals surface area contributed by atoms with Crippen LogP contribution in [0.5, 0.6) is 0 Å². The molecule has 2 saturated heterocycles. The van der Waals surface area contributed by atoms with E-state index in [1.165, 1.54) is 4.90 Å². The molecule has 0 unspecified atom stereocenters. The first-order valence-electron chi connectivity index (χ1n) is 6.44. The number of fused-ring (bicyclic) bond motifs is 2. The third kappa shape index (κ3) is 3.81. The molecule has 2 bridgehead atoms. The van der Waals surface area contributed by atoms with Crippen molar-refractivity contribution < 1.29 is 28.1 Å². The van der Waals surface area contributed by atoms with Crippen LogP contribution >= 0.6 is 0 Å². The van der Waals surface area contributed by atoms with E-state index in [0.29, 0.717) is 24.4 Å². The number of rotatable bonds is 6. The minimum absolute atomic E-state index is 0.0267. The number of carbonyl (C=O) groups excluding carboxylic acids is 2. The van der Waals surface area contributed by atoms with Crippen LogP contribution in [0, 0.1) is 0 Å². The van der Waals surface area contributed by atoms with E-state index in [0.717, 1.165) is 6.26 Å². The van der Waals surface area contributed by atoms with E-state index in [2.05, 4.69) is 10.2 Å². The summed E-state index contributed by atoms with van der Waals surface area (Å²) in [5.74, 6) is -0.489. The van der Waals surface area contributed by atoms with Gasteiger partial charge in [-0.3, -0.25) is 14.8 Å². The van der Waals surface area contributed by atoms with E-state index in [4.69, 9.17) is 4.84 Å². The van der Waals surface area contributed by atoms with Crippen molar-refractivity contribution in [3.63, 3.8) is 0 Å². The van der Waals surface area contributed by atoms with Gasteiger partial charge in [0, 0.05) is 13.1 Å². The molecule has 0 aromatic rings. The molecular formula is C10H18N4O6S. The average molecular weight is 322 g/mol. The average Bonchev–Trinajstić information content (AvgIpc) is 2.62. The summed E-state index contributed by atoms with van der Waals surface area (Å²) < 4.78 is 23.8. The van der Waals surface area contributed by atoms with Crippen molar-refractivity contribution in [2.24, 2.45) is 0 Å². The van der Waals surface area contributed by atoms with Crippen LogP contribution in [0.2, 0.25) is 0 Å². The molecule has 2 fully saturated rings. The summed E-state index contributed by atoms with van der Waals surface area (Å²) in [6.07, 6.45) is 1.99. The quantitative estimate of drug-likeness (QED) is 0.302. The molecule has 11 heteroatoms. The van der Waals surface area contributed by atoms with Crippen LogP contribution in [0.3, 0.4) is 0 Å². The number of carbonyl (C=O) groups is 2. The number of hydroxylamine groups is 3. The van der Waals surface area contributed by atoms with Gasteiger partial charge in [0.25, 0.3) is 5.91 Å². The minimum Gasteiger partial charge on any atom is -0.309 e. The third-order valence-electron chi connectivity index (χ3n) is 3.39. The summed E-state index contributed by atoms with van der Waals surface area (Å²) in [6, 6.07) is -1.54. The van der Waals surface area contributed by atoms with E-state index in [1.54, 1.807) is 0 Å². The SMILES string of the molecule is CS(=O)(=O)NCCONC(=O)[C@@H]1CC[C@@H]2CN1C(=O)N2O. The van der Waals surface area contributed by atoms with E-state index >= 15 is 0 Å². The van der Waals surface area contributed by atoms with Gasteiger partial charge in [0.05, 0.1) is 18.9 Å². The molecule has 2 rings (SSSR count). The van der Waals surface area contributed by atoms with Crippen LogP contribution in [-0.4, -0.2) is 73.6 Å². The molecule has 2 aliphatic rings. The molecule has 0 saturated carbocycles. The van der Waals surface area contributed by atoms with E-state index in [-0.39, 0.29) is 19.2 Å². The molecule has 2 atom stereocenters. The Bertz CT molecular complexity index is 524. The summed E-state index contributed by atoms with van der Waals surface area (Å²) >= 11 is 0. The van der Waals surface area contributed by atoms with Gasteiger partial charge < -0.3 is 4.90 Å². The highest BCUT2D eigenvalue weighted by atomic mass is 32.2. The lowest BCUT2D eigenvalue weighted by atomic mass is 10.0. The highest BCUT2D eigenvalue weighted by Gasteiger charge is 2.46. The van der Waals surface area contributed by atoms with Gasteiger partial charge in [-0.2, -0.15) is 0 Å². The number of hydrogen-bond acceptors (Lipinski definition) is 6. The van der Waals surface area contributed by atoms with Crippen LogP contribution < -0.4 is 10.2 Å². The summed E-state index contributed by atoms with van der Waals surface area (Å²) in [6.45, 7) is 0.302. The van der Waals surface area contributed by atoms with E-state index in [1.807, 2.05) is 0 Å². The fraction of sp³-hybridized carbons (Fsp3) is 0.800. The first-order valence-corrected chi connectivity index (χ1v) is 8.33. The van der Waals surface area contributed by atoms with Gasteiger partial charge in [-0.1, -0.05) is 0 Å². The normalized spacial score (nSPS) is 25.3. The maximum absolute atomic E-state index is 11.9. The Morgan fingerprint density at radius 2 is 2.19 bits per heavy atom. The molecule has 21 heavy (non-hydrogen) atoms. The van der Waals surface area contributed by atoms with Crippen LogP contribution in [0.1, 0.15) is 12.8 Å². The standard InChI is InChI=1S/C10H18N4O6S/c1-21(18,19)11-4-5-20-12-9(15)8-3-2-7-6-13(8)10(16)14(7)17/h7-8,11,17H,2-6H2,1H3,(H,12,15)/t7-,8+/m1/s1. The molecule has 0 radical (unpaired) electrons. The van der Waals surface area contributed by atoms with Crippen molar-refractivity contribution in [1.82, 2.24) is 20.2 Å². The zero-order valence-electron chi connectivity index (χ0n) is 11.5. The fourth-order valence-corrected chi connectivity index (χ4v) is 2.85. The van der Waals surface area contributed by atoms with Crippen molar-refractivity contribution in [1.29, 1.82) is 0 Å². The van der Waals surface area contributed by atoms with Crippen molar-refractivity contribution in [3.8, 4) is 0 Å². The Morgan fingerprint density at radius 1 is 1.48 bits per heavy atom. The Labute approximate surface area is 122 Å². The van der Waals surface area contributed by atoms with Gasteiger partial charge in [0.2, 0.25) is 10.0 Å². The van der Waals surface area contributed by atoms with Gasteiger partial charge in [-0.25, -0.2) is 28.5 Å². The number of nitrogens with one attached hydrogen (secondary N) is 2. The largest absolute Gasteiger partial charge is 0.344 e. The van der Waals surface area contributed by atoms with Crippen LogP contribution in [0.25, 0.3) is 0 Å². The molecule has 10 nitrogen and oxygen atoms in total. The van der Waals surface area contributed by atoms with Gasteiger partial charge in [0.1, 0.15) is 6.04 Å². The zero-order valence-corrected chi connectivity index (χ0v) is 12.3. The Balaban J connectivity index is 1.75. The molecule has 3 amide bonds. The van der Waals surface area contributed by atoms with Crippen molar-refractivity contribution >= 4 is 22.0 Å². The number of nitrogens with zero attached hydrogens (tertiary/aromatic N) is 2. The Kier molecular flexibility index (Phi) is 4.66. The third-order valence-corrected chi connectivity index (χ3v) is 4.12. The molecule has 0 aliphatic carbocycles. The minimum atomic E-state index is -3.29. The van der Waals surface area contributed by atoms with Gasteiger partial charge >= 0.3 is 6.03 Å². The van der Waals surface area contributed by atoms with Crippen LogP contribution in [0.15, 0.2) is 0 Å². The molecule has 0 spiro atoms. The summed E-state index contributed by atoms with van der Waals surface area (Å²) in [4.78, 5) is 29.8. The lowest BCUT2D eigenvalue weighted by molar-refractivity contribution is -0.138. The summed E-state index contributed by atoms with van der Waals surface area (Å²) in [5.41, 5.74) is 2.19. The van der Waals surface area contributed by atoms with Gasteiger partial charge in [0.15, 0.2) is 0 Å². The highest BCUT2D eigenvalue weighted by molar-refractivity contribution is 7.88. The molecule has 0 aromatic carbocycles. The smallest absolute Gasteiger partial charge is 0.309 e. The van der Waals surface area contributed by atoms with Crippen molar-refractivity contribution in [2.45, 2.75) is 24.9 Å². The number of hydrogen-bond donors (Lipinski definition) is 3. The number of sulfonamides is 1. The monoisotopic (exact) mass is 322 g/mol. The summed E-state index contributed by atoms with van der Waals surface area (Å²) in [5, 5.41) is 10.2. The predicted molar refractivity (Wildman–Crippen MR) is 69.5 cm³/mol. The molecule has 3 N–H and O–H groups in total. The lowest BCUT2D eigenvalue weighted by Crippen LogP contribution is -2.50. The second-order valence-corrected chi connectivity index (χ2v) is 6.84. The Hall–Kier alpha value is -1.43. The highest BCUT2D eigenvalue weighted by Crippen LogP contribution is 2.28. The van der Waals surface area contributed by atoms with E-state index < -0.39 is 28.0 Å². The zero-order chi connectivity index (χ0) is 15.6. The van der Waals surface area contributed by atoms with Crippen LogP contribution in [0.4, 0.5) is 4.79 Å². The first kappa shape index (κ1) is 15.9. The Morgan fingerprint density at radius 3 is 2.86 bits per heavy atom. The number of amides is 3. The van der Waals surface area contributed by atoms with Gasteiger partial charge in [-0.05, 0) is 12.8 Å². The van der Waals surface area contributed by atoms with Crippen LogP contribution in [-0.2, 0) is 19.7 Å². The number of urea groups is 1. The summed E-state index contributed by atoms with van der Waals surface area (Å²) in [7, 11) is -3.29. The predicted octanol–water partition coefficient (Wildman–Crippen LogP) is -1.76. The van der Waals surface area contributed by atoms with Crippen molar-refractivity contribution in [3.05, 3.63) is 0 Å². The topological polar surface area (TPSA) is 128 Å². The molecule has 0 aromatic heterocycles. The fourth-order valence-electron chi connectivity index (χ4n) is 2.39. The lowest BCUT2D eigenvalue weighted by Gasteiger charge is -2.28. The second-order valence-electron chi connectivity index (χ2n) is 5.01.